The van der Waals surface area contributed by atoms with Gasteiger partial charge in [0, 0.05) is 9.13 Å². The molecule has 4 nitrogen and oxygen atoms in total. The summed E-state index contributed by atoms with van der Waals surface area (Å²) < 4.78 is 12.2. The monoisotopic (exact) mass is 409 g/mol. The van der Waals surface area contributed by atoms with Crippen molar-refractivity contribution in [3.05, 3.63) is 57.2 Å². The van der Waals surface area contributed by atoms with Gasteiger partial charge in [0.25, 0.3) is 5.91 Å². The van der Waals surface area contributed by atoms with E-state index in [1.807, 2.05) is 49.4 Å². The summed E-state index contributed by atoms with van der Waals surface area (Å²) in [7, 11) is 0. The van der Waals surface area contributed by atoms with Crippen molar-refractivity contribution in [3.8, 4) is 11.5 Å². The van der Waals surface area contributed by atoms with Crippen LogP contribution in [0, 0.1) is 3.57 Å². The topological polar surface area (TPSA) is 47.6 Å². The summed E-state index contributed by atoms with van der Waals surface area (Å²) >= 11 is 2.22. The predicted octanol–water partition coefficient (Wildman–Crippen LogP) is 3.55. The summed E-state index contributed by atoms with van der Waals surface area (Å²) in [6.07, 6.45) is 0. The van der Waals surface area contributed by atoms with E-state index < -0.39 is 0 Å². The number of ether oxygens (including phenoxy) is 2. The summed E-state index contributed by atoms with van der Waals surface area (Å²) in [5.41, 5.74) is 1.65. The first kappa shape index (κ1) is 15.1. The average molecular weight is 409 g/mol. The van der Waals surface area contributed by atoms with Crippen molar-refractivity contribution in [2.75, 3.05) is 13.2 Å². The quantitative estimate of drug-likeness (QED) is 0.789. The fourth-order valence-electron chi connectivity index (χ4n) is 2.29. The maximum atomic E-state index is 12.3. The van der Waals surface area contributed by atoms with Crippen molar-refractivity contribution < 1.29 is 14.3 Å². The summed E-state index contributed by atoms with van der Waals surface area (Å²) in [5.74, 6) is 1.41. The van der Waals surface area contributed by atoms with E-state index >= 15 is 0 Å². The van der Waals surface area contributed by atoms with Gasteiger partial charge in [0.2, 0.25) is 0 Å². The Balaban J connectivity index is 1.72. The fraction of sp³-hybridized carbons (Fsp3) is 0.235. The van der Waals surface area contributed by atoms with Gasteiger partial charge in [-0.2, -0.15) is 0 Å². The number of halogens is 1. The number of benzene rings is 2. The zero-order valence-corrected chi connectivity index (χ0v) is 14.3. The zero-order chi connectivity index (χ0) is 15.5. The van der Waals surface area contributed by atoms with E-state index in [4.69, 9.17) is 9.47 Å². The van der Waals surface area contributed by atoms with Gasteiger partial charge in [-0.25, -0.2) is 0 Å². The molecule has 3 rings (SSSR count). The summed E-state index contributed by atoms with van der Waals surface area (Å²) in [6, 6.07) is 13.1. The molecule has 0 unspecified atom stereocenters. The lowest BCUT2D eigenvalue weighted by Crippen LogP contribution is -2.26. The maximum Gasteiger partial charge on any atom is 0.251 e. The normalized spacial score (nSPS) is 14.3. The van der Waals surface area contributed by atoms with Crippen LogP contribution in [0.4, 0.5) is 0 Å². The predicted molar refractivity (Wildman–Crippen MR) is 92.5 cm³/mol. The molecule has 2 aromatic rings. The van der Waals surface area contributed by atoms with Gasteiger partial charge < -0.3 is 14.8 Å². The zero-order valence-electron chi connectivity index (χ0n) is 12.1. The second-order valence-corrected chi connectivity index (χ2v) is 6.35. The molecule has 0 saturated heterocycles. The van der Waals surface area contributed by atoms with Crippen LogP contribution >= 0.6 is 22.6 Å². The summed E-state index contributed by atoms with van der Waals surface area (Å²) in [4.78, 5) is 12.3. The first-order chi connectivity index (χ1) is 10.6. The standard InChI is InChI=1S/C17H16INO3/c1-11(19-17(20)12-2-5-14(18)6-3-12)13-4-7-15-16(10-13)22-9-8-21-15/h2-7,10-11H,8-9H2,1H3,(H,19,20)/t11-/m1/s1. The minimum Gasteiger partial charge on any atom is -0.486 e. The van der Waals surface area contributed by atoms with Crippen LogP contribution in [0.2, 0.25) is 0 Å². The first-order valence-electron chi connectivity index (χ1n) is 7.09. The van der Waals surface area contributed by atoms with E-state index in [2.05, 4.69) is 27.9 Å². The second kappa shape index (κ2) is 6.56. The number of carbonyl (C=O) groups is 1. The second-order valence-electron chi connectivity index (χ2n) is 5.11. The Morgan fingerprint density at radius 3 is 2.50 bits per heavy atom. The van der Waals surface area contributed by atoms with Gasteiger partial charge in [0.1, 0.15) is 13.2 Å². The highest BCUT2D eigenvalue weighted by molar-refractivity contribution is 14.1. The van der Waals surface area contributed by atoms with Crippen LogP contribution in [0.15, 0.2) is 42.5 Å². The van der Waals surface area contributed by atoms with Gasteiger partial charge >= 0.3 is 0 Å². The van der Waals surface area contributed by atoms with E-state index in [-0.39, 0.29) is 11.9 Å². The van der Waals surface area contributed by atoms with E-state index in [1.54, 1.807) is 0 Å². The number of nitrogens with one attached hydrogen (secondary N) is 1. The number of amides is 1. The molecule has 0 fully saturated rings. The molecule has 0 aromatic heterocycles. The van der Waals surface area contributed by atoms with Crippen molar-refractivity contribution in [3.63, 3.8) is 0 Å². The molecule has 0 radical (unpaired) electrons. The minimum atomic E-state index is -0.109. The lowest BCUT2D eigenvalue weighted by Gasteiger charge is -2.21. The molecule has 114 valence electrons. The van der Waals surface area contributed by atoms with Crippen LogP contribution in [0.3, 0.4) is 0 Å². The molecule has 2 aromatic carbocycles. The molecule has 22 heavy (non-hydrogen) atoms. The Morgan fingerprint density at radius 1 is 1.09 bits per heavy atom. The average Bonchev–Trinajstić information content (AvgIpc) is 2.55. The Kier molecular flexibility index (Phi) is 4.52. The van der Waals surface area contributed by atoms with Crippen LogP contribution in [-0.2, 0) is 0 Å². The van der Waals surface area contributed by atoms with E-state index in [0.29, 0.717) is 18.8 Å². The molecule has 0 spiro atoms. The molecule has 5 heteroatoms. The third-order valence-corrected chi connectivity index (χ3v) is 4.24. The maximum absolute atomic E-state index is 12.3. The van der Waals surface area contributed by atoms with E-state index in [0.717, 1.165) is 20.6 Å². The molecule has 1 N–H and O–H groups in total. The smallest absolute Gasteiger partial charge is 0.251 e. The summed E-state index contributed by atoms with van der Waals surface area (Å²) in [5, 5.41) is 3.00. The Labute approximate surface area is 143 Å². The lowest BCUT2D eigenvalue weighted by atomic mass is 10.1. The van der Waals surface area contributed by atoms with Gasteiger partial charge in [-0.1, -0.05) is 6.07 Å². The van der Waals surface area contributed by atoms with Crippen LogP contribution in [0.25, 0.3) is 0 Å². The molecule has 0 aliphatic carbocycles. The molecule has 0 saturated carbocycles. The number of hydrogen-bond acceptors (Lipinski definition) is 3. The highest BCUT2D eigenvalue weighted by atomic mass is 127. The van der Waals surface area contributed by atoms with Gasteiger partial charge in [-0.15, -0.1) is 0 Å². The third-order valence-electron chi connectivity index (χ3n) is 3.52. The van der Waals surface area contributed by atoms with E-state index in [1.165, 1.54) is 0 Å². The number of carbonyl (C=O) groups excluding carboxylic acids is 1. The van der Waals surface area contributed by atoms with Crippen molar-refractivity contribution in [2.45, 2.75) is 13.0 Å². The van der Waals surface area contributed by atoms with Crippen LogP contribution in [0.1, 0.15) is 28.9 Å². The van der Waals surface area contributed by atoms with Crippen molar-refractivity contribution in [1.29, 1.82) is 0 Å². The molecule has 1 aliphatic rings. The number of hydrogen-bond donors (Lipinski definition) is 1. The van der Waals surface area contributed by atoms with Gasteiger partial charge in [0.05, 0.1) is 6.04 Å². The summed E-state index contributed by atoms with van der Waals surface area (Å²) in [6.45, 7) is 3.08. The number of rotatable bonds is 3. The van der Waals surface area contributed by atoms with Gasteiger partial charge in [0.15, 0.2) is 11.5 Å². The SMILES string of the molecule is C[C@@H](NC(=O)c1ccc(I)cc1)c1ccc2c(c1)OCCO2. The molecule has 1 aliphatic heterocycles. The molecular weight excluding hydrogens is 393 g/mol. The molecule has 0 bridgehead atoms. The van der Waals surface area contributed by atoms with Crippen molar-refractivity contribution >= 4 is 28.5 Å². The van der Waals surface area contributed by atoms with Gasteiger partial charge in [-0.05, 0) is 71.5 Å². The van der Waals surface area contributed by atoms with E-state index in [9.17, 15) is 4.79 Å². The van der Waals surface area contributed by atoms with Crippen LogP contribution < -0.4 is 14.8 Å². The van der Waals surface area contributed by atoms with Crippen molar-refractivity contribution in [1.82, 2.24) is 5.32 Å². The lowest BCUT2D eigenvalue weighted by molar-refractivity contribution is 0.0939. The van der Waals surface area contributed by atoms with Crippen LogP contribution in [-0.4, -0.2) is 19.1 Å². The van der Waals surface area contributed by atoms with Crippen molar-refractivity contribution in [2.24, 2.45) is 0 Å². The minimum absolute atomic E-state index is 0.0845. The first-order valence-corrected chi connectivity index (χ1v) is 8.17. The highest BCUT2D eigenvalue weighted by Gasteiger charge is 2.16. The Bertz CT molecular complexity index is 685. The molecule has 1 heterocycles. The largest absolute Gasteiger partial charge is 0.486 e. The Morgan fingerprint density at radius 2 is 1.77 bits per heavy atom. The molecular formula is C17H16INO3. The highest BCUT2D eigenvalue weighted by Crippen LogP contribution is 2.32. The molecule has 1 atom stereocenters. The third kappa shape index (κ3) is 3.35. The Hall–Kier alpha value is -1.76. The number of fused-ring (bicyclic) bond motifs is 1. The van der Waals surface area contributed by atoms with Gasteiger partial charge in [-0.3, -0.25) is 4.79 Å². The molecule has 1 amide bonds. The fourth-order valence-corrected chi connectivity index (χ4v) is 2.65. The van der Waals surface area contributed by atoms with Crippen LogP contribution in [0.5, 0.6) is 11.5 Å².